The first-order valence-electron chi connectivity index (χ1n) is 8.91. The maximum absolute atomic E-state index is 12.7. The van der Waals surface area contributed by atoms with E-state index in [-0.39, 0.29) is 5.78 Å². The maximum Gasteiger partial charge on any atom is 0.173 e. The van der Waals surface area contributed by atoms with Crippen LogP contribution in [0.3, 0.4) is 0 Å². The van der Waals surface area contributed by atoms with Gasteiger partial charge in [-0.15, -0.1) is 11.3 Å². The molecule has 3 heteroatoms. The fourth-order valence-corrected chi connectivity index (χ4v) is 4.88. The van der Waals surface area contributed by atoms with E-state index in [1.54, 1.807) is 11.3 Å². The Morgan fingerprint density at radius 3 is 2.67 bits per heavy atom. The van der Waals surface area contributed by atoms with E-state index >= 15 is 0 Å². The lowest BCUT2D eigenvalue weighted by Crippen LogP contribution is -2.14. The predicted molar refractivity (Wildman–Crippen MR) is 100 cm³/mol. The molecule has 3 rings (SSSR count). The topological polar surface area (TPSA) is 37.3 Å². The van der Waals surface area contributed by atoms with Crippen LogP contribution in [0, 0.1) is 19.8 Å². The minimum atomic E-state index is 0.277. The van der Waals surface area contributed by atoms with Crippen LogP contribution in [-0.4, -0.2) is 10.9 Å². The molecule has 0 bridgehead atoms. The van der Waals surface area contributed by atoms with Gasteiger partial charge in [0.05, 0.1) is 4.88 Å². The largest absolute Gasteiger partial charge is 0.507 e. The number of thiophene rings is 1. The summed E-state index contributed by atoms with van der Waals surface area (Å²) < 4.78 is 0. The van der Waals surface area contributed by atoms with Gasteiger partial charge in [0.2, 0.25) is 0 Å². The molecule has 0 fully saturated rings. The summed E-state index contributed by atoms with van der Waals surface area (Å²) in [5, 5.41) is 12.1. The quantitative estimate of drug-likeness (QED) is 0.739. The van der Waals surface area contributed by atoms with Crippen molar-refractivity contribution in [3.63, 3.8) is 0 Å². The van der Waals surface area contributed by atoms with E-state index in [4.69, 9.17) is 0 Å². The van der Waals surface area contributed by atoms with Gasteiger partial charge in [0.1, 0.15) is 5.75 Å². The summed E-state index contributed by atoms with van der Waals surface area (Å²) in [5.41, 5.74) is 5.64. The highest BCUT2D eigenvalue weighted by molar-refractivity contribution is 7.12. The number of carbonyl (C=O) groups is 1. The Hall–Kier alpha value is -1.61. The van der Waals surface area contributed by atoms with Crippen LogP contribution in [0.4, 0.5) is 0 Å². The molecular weight excluding hydrogens is 316 g/mol. The summed E-state index contributed by atoms with van der Waals surface area (Å²) in [4.78, 5) is 13.7. The molecule has 0 saturated heterocycles. The first-order chi connectivity index (χ1) is 11.5. The first-order valence-corrected chi connectivity index (χ1v) is 9.79. The highest BCUT2D eigenvalue weighted by Gasteiger charge is 2.24. The minimum absolute atomic E-state index is 0.277. The van der Waals surface area contributed by atoms with Gasteiger partial charge in [-0.1, -0.05) is 25.5 Å². The molecule has 1 atom stereocenters. The maximum atomic E-state index is 12.7. The van der Waals surface area contributed by atoms with E-state index in [1.807, 2.05) is 26.0 Å². The molecule has 0 spiro atoms. The second-order valence-electron chi connectivity index (χ2n) is 7.09. The van der Waals surface area contributed by atoms with E-state index in [2.05, 4.69) is 12.3 Å². The van der Waals surface area contributed by atoms with Crippen LogP contribution in [0.15, 0.2) is 17.5 Å². The Morgan fingerprint density at radius 2 is 2.00 bits per heavy atom. The Morgan fingerprint density at radius 1 is 1.29 bits per heavy atom. The molecule has 1 N–H and O–H groups in total. The molecule has 24 heavy (non-hydrogen) atoms. The van der Waals surface area contributed by atoms with Gasteiger partial charge in [0, 0.05) is 6.42 Å². The third-order valence-corrected chi connectivity index (χ3v) is 6.43. The molecule has 0 amide bonds. The van der Waals surface area contributed by atoms with Crippen molar-refractivity contribution in [2.45, 2.75) is 59.3 Å². The molecule has 0 radical (unpaired) electrons. The molecule has 1 aromatic carbocycles. The molecule has 1 heterocycles. The van der Waals surface area contributed by atoms with Crippen molar-refractivity contribution in [3.05, 3.63) is 50.2 Å². The van der Waals surface area contributed by atoms with Crippen LogP contribution in [-0.2, 0) is 19.3 Å². The second-order valence-corrected chi connectivity index (χ2v) is 7.97. The van der Waals surface area contributed by atoms with Crippen molar-refractivity contribution in [2.24, 2.45) is 5.92 Å². The standard InChI is InChI=1S/C21H26O2S/c1-4-15-5-7-18-17(11-15)12-24-21(18)19(22)8-6-16-9-13(2)20(23)14(3)10-16/h9-10,12,15,23H,4-8,11H2,1-3H3. The van der Waals surface area contributed by atoms with Crippen LogP contribution >= 0.6 is 11.3 Å². The fraction of sp³-hybridized carbons (Fsp3) is 0.476. The van der Waals surface area contributed by atoms with E-state index in [0.717, 1.165) is 46.7 Å². The normalized spacial score (nSPS) is 16.9. The summed E-state index contributed by atoms with van der Waals surface area (Å²) in [6, 6.07) is 3.98. The Bertz CT molecular complexity index is 734. The van der Waals surface area contributed by atoms with Gasteiger partial charge in [-0.3, -0.25) is 4.79 Å². The molecule has 0 aliphatic heterocycles. The highest BCUT2D eigenvalue weighted by atomic mass is 32.1. The second kappa shape index (κ2) is 7.10. The Balaban J connectivity index is 1.69. The molecule has 2 nitrogen and oxygen atoms in total. The Kier molecular flexibility index (Phi) is 5.09. The summed E-state index contributed by atoms with van der Waals surface area (Å²) >= 11 is 1.64. The molecule has 1 aliphatic carbocycles. The third-order valence-electron chi connectivity index (χ3n) is 5.31. The van der Waals surface area contributed by atoms with Crippen molar-refractivity contribution in [2.75, 3.05) is 0 Å². The zero-order valence-corrected chi connectivity index (χ0v) is 15.6. The van der Waals surface area contributed by atoms with Crippen molar-refractivity contribution in [1.82, 2.24) is 0 Å². The number of rotatable bonds is 5. The van der Waals surface area contributed by atoms with Crippen LogP contribution in [0.1, 0.15) is 63.7 Å². The molecule has 1 aromatic heterocycles. The zero-order chi connectivity index (χ0) is 17.3. The molecule has 0 saturated carbocycles. The predicted octanol–water partition coefficient (Wildman–Crippen LogP) is 5.40. The van der Waals surface area contributed by atoms with Gasteiger partial charge < -0.3 is 5.11 Å². The first kappa shape index (κ1) is 17.2. The lowest BCUT2D eigenvalue weighted by Gasteiger charge is -2.21. The van der Waals surface area contributed by atoms with E-state index in [9.17, 15) is 9.90 Å². The van der Waals surface area contributed by atoms with Crippen molar-refractivity contribution in [1.29, 1.82) is 0 Å². The number of benzene rings is 1. The molecule has 1 unspecified atom stereocenters. The van der Waals surface area contributed by atoms with Gasteiger partial charge in [0.15, 0.2) is 5.78 Å². The molecule has 2 aromatic rings. The number of aromatic hydroxyl groups is 1. The number of fused-ring (bicyclic) bond motifs is 1. The minimum Gasteiger partial charge on any atom is -0.507 e. The van der Waals surface area contributed by atoms with Crippen LogP contribution in [0.5, 0.6) is 5.75 Å². The molecule has 128 valence electrons. The van der Waals surface area contributed by atoms with Crippen molar-refractivity contribution >= 4 is 17.1 Å². The summed E-state index contributed by atoms with van der Waals surface area (Å²) in [6.07, 6.45) is 5.95. The zero-order valence-electron chi connectivity index (χ0n) is 14.8. The van der Waals surface area contributed by atoms with E-state index < -0.39 is 0 Å². The number of phenolic OH excluding ortho intramolecular Hbond substituents is 1. The SMILES string of the molecule is CCC1CCc2c(csc2C(=O)CCc2cc(C)c(O)c(C)c2)C1. The van der Waals surface area contributed by atoms with Gasteiger partial charge in [-0.25, -0.2) is 0 Å². The van der Waals surface area contributed by atoms with Crippen LogP contribution in [0.2, 0.25) is 0 Å². The molecular formula is C21H26O2S. The Labute approximate surface area is 148 Å². The number of hydrogen-bond donors (Lipinski definition) is 1. The van der Waals surface area contributed by atoms with Gasteiger partial charge in [0.25, 0.3) is 0 Å². The highest BCUT2D eigenvalue weighted by Crippen LogP contribution is 2.34. The van der Waals surface area contributed by atoms with Crippen molar-refractivity contribution in [3.8, 4) is 5.75 Å². The van der Waals surface area contributed by atoms with E-state index in [0.29, 0.717) is 12.2 Å². The lowest BCUT2D eigenvalue weighted by molar-refractivity contribution is 0.0985. The number of phenols is 1. The number of hydrogen-bond acceptors (Lipinski definition) is 3. The number of Topliss-reactive ketones (excluding diaryl/α,β-unsaturated/α-hetero) is 1. The number of carbonyl (C=O) groups excluding carboxylic acids is 1. The van der Waals surface area contributed by atoms with Crippen molar-refractivity contribution < 1.29 is 9.90 Å². The van der Waals surface area contributed by atoms with Crippen LogP contribution in [0.25, 0.3) is 0 Å². The van der Waals surface area contributed by atoms with Gasteiger partial charge in [-0.05, 0) is 78.6 Å². The number of aryl methyl sites for hydroxylation is 3. The summed E-state index contributed by atoms with van der Waals surface area (Å²) in [6.45, 7) is 6.08. The summed E-state index contributed by atoms with van der Waals surface area (Å²) in [5.74, 6) is 1.43. The third kappa shape index (κ3) is 3.41. The molecule has 1 aliphatic rings. The average Bonchev–Trinajstić information content (AvgIpc) is 3.00. The number of ketones is 1. The summed E-state index contributed by atoms with van der Waals surface area (Å²) in [7, 11) is 0. The van der Waals surface area contributed by atoms with Gasteiger partial charge in [-0.2, -0.15) is 0 Å². The van der Waals surface area contributed by atoms with Gasteiger partial charge >= 0.3 is 0 Å². The smallest absolute Gasteiger partial charge is 0.173 e. The van der Waals surface area contributed by atoms with Crippen LogP contribution < -0.4 is 0 Å². The van der Waals surface area contributed by atoms with E-state index in [1.165, 1.54) is 24.0 Å². The lowest BCUT2D eigenvalue weighted by atomic mass is 9.83. The monoisotopic (exact) mass is 342 g/mol. The fourth-order valence-electron chi connectivity index (χ4n) is 3.77. The average molecular weight is 343 g/mol.